The van der Waals surface area contributed by atoms with E-state index in [2.05, 4.69) is 5.32 Å². The van der Waals surface area contributed by atoms with Gasteiger partial charge in [0.2, 0.25) is 0 Å². The molecular weight excluding hydrogens is 174 g/mol. The van der Waals surface area contributed by atoms with Crippen LogP contribution < -0.4 is 5.32 Å². The summed E-state index contributed by atoms with van der Waals surface area (Å²) >= 11 is 0. The topological polar surface area (TPSA) is 93.0 Å². The van der Waals surface area contributed by atoms with Gasteiger partial charge in [0.25, 0.3) is 0 Å². The van der Waals surface area contributed by atoms with Crippen molar-refractivity contribution in [3.05, 3.63) is 0 Å². The Kier molecular flexibility index (Phi) is 3.26. The predicted molar refractivity (Wildman–Crippen MR) is 46.0 cm³/mol. The van der Waals surface area contributed by atoms with E-state index in [1.54, 1.807) is 14.0 Å². The second-order valence-electron chi connectivity index (χ2n) is 3.64. The highest BCUT2D eigenvalue weighted by Gasteiger charge is 2.45. The highest BCUT2D eigenvalue weighted by atomic mass is 16.4. The van der Waals surface area contributed by atoms with Crippen LogP contribution in [0.1, 0.15) is 6.92 Å². The lowest BCUT2D eigenvalue weighted by Gasteiger charge is -2.42. The number of aliphatic hydroxyl groups is 4. The third-order valence-electron chi connectivity index (χ3n) is 2.85. The first-order valence-electron chi connectivity index (χ1n) is 4.40. The largest absolute Gasteiger partial charge is 0.391 e. The predicted octanol–water partition coefficient (Wildman–Crippen LogP) is -2.33. The van der Waals surface area contributed by atoms with E-state index in [0.29, 0.717) is 0 Å². The van der Waals surface area contributed by atoms with Crippen molar-refractivity contribution < 1.29 is 20.4 Å². The maximum Gasteiger partial charge on any atom is 0.108 e. The summed E-state index contributed by atoms with van der Waals surface area (Å²) in [6.45, 7) is 1.63. The SMILES string of the molecule is CN[C@@H]1[C@H](O)[C@@H](O)[C@H](O)[C@@H](C)[C@@H]1O. The summed E-state index contributed by atoms with van der Waals surface area (Å²) in [6, 6.07) is -0.589. The van der Waals surface area contributed by atoms with Crippen LogP contribution >= 0.6 is 0 Å². The van der Waals surface area contributed by atoms with E-state index in [9.17, 15) is 20.4 Å². The van der Waals surface area contributed by atoms with Crippen molar-refractivity contribution in [3.8, 4) is 0 Å². The van der Waals surface area contributed by atoms with Crippen LogP contribution in [0.2, 0.25) is 0 Å². The van der Waals surface area contributed by atoms with Crippen molar-refractivity contribution in [2.75, 3.05) is 7.05 Å². The molecule has 0 bridgehead atoms. The molecule has 0 saturated heterocycles. The Bertz CT molecular complexity index is 162. The van der Waals surface area contributed by atoms with Crippen molar-refractivity contribution in [2.45, 2.75) is 37.4 Å². The zero-order valence-corrected chi connectivity index (χ0v) is 7.75. The molecule has 1 rings (SSSR count). The molecule has 1 fully saturated rings. The van der Waals surface area contributed by atoms with Crippen LogP contribution in [-0.4, -0.2) is 57.9 Å². The molecule has 0 unspecified atom stereocenters. The summed E-state index contributed by atoms with van der Waals surface area (Å²) < 4.78 is 0. The standard InChI is InChI=1S/C8H17NO4/c1-3-5(10)4(9-2)7(12)8(13)6(3)11/h3-13H,1-2H3/t3-,4-,5-,6+,7-,8-/m0/s1. The van der Waals surface area contributed by atoms with Gasteiger partial charge in [-0.25, -0.2) is 0 Å². The molecule has 0 heterocycles. The van der Waals surface area contributed by atoms with Gasteiger partial charge in [0.1, 0.15) is 12.2 Å². The molecule has 0 spiro atoms. The van der Waals surface area contributed by atoms with Crippen molar-refractivity contribution >= 4 is 0 Å². The summed E-state index contributed by atoms with van der Waals surface area (Å²) in [7, 11) is 1.59. The molecular formula is C8H17NO4. The minimum absolute atomic E-state index is 0.448. The van der Waals surface area contributed by atoms with Gasteiger partial charge in [-0.05, 0) is 7.05 Å². The van der Waals surface area contributed by atoms with Gasteiger partial charge in [0.15, 0.2) is 0 Å². The lowest BCUT2D eigenvalue weighted by molar-refractivity contribution is -0.160. The van der Waals surface area contributed by atoms with Gasteiger partial charge < -0.3 is 25.7 Å². The zero-order valence-electron chi connectivity index (χ0n) is 7.75. The lowest BCUT2D eigenvalue weighted by Crippen LogP contribution is -2.64. The Hall–Kier alpha value is -0.200. The summed E-state index contributed by atoms with van der Waals surface area (Å²) in [5.74, 6) is -0.448. The molecule has 5 heteroatoms. The Morgan fingerprint density at radius 1 is 0.846 bits per heavy atom. The van der Waals surface area contributed by atoms with E-state index in [1.807, 2.05) is 0 Å². The van der Waals surface area contributed by atoms with Crippen LogP contribution in [0.3, 0.4) is 0 Å². The van der Waals surface area contributed by atoms with Gasteiger partial charge in [0.05, 0.1) is 18.2 Å². The lowest BCUT2D eigenvalue weighted by atomic mass is 9.78. The maximum absolute atomic E-state index is 9.60. The Labute approximate surface area is 77.0 Å². The number of nitrogens with one attached hydrogen (secondary N) is 1. The van der Waals surface area contributed by atoms with Crippen molar-refractivity contribution in [1.29, 1.82) is 0 Å². The smallest absolute Gasteiger partial charge is 0.108 e. The summed E-state index contributed by atoms with van der Waals surface area (Å²) in [5, 5.41) is 40.6. The minimum Gasteiger partial charge on any atom is -0.391 e. The van der Waals surface area contributed by atoms with E-state index in [0.717, 1.165) is 0 Å². The van der Waals surface area contributed by atoms with Gasteiger partial charge >= 0.3 is 0 Å². The van der Waals surface area contributed by atoms with E-state index in [-0.39, 0.29) is 0 Å². The van der Waals surface area contributed by atoms with Crippen LogP contribution in [0, 0.1) is 5.92 Å². The quantitative estimate of drug-likeness (QED) is 0.320. The van der Waals surface area contributed by atoms with Crippen molar-refractivity contribution in [1.82, 2.24) is 5.32 Å². The fraction of sp³-hybridized carbons (Fsp3) is 1.00. The van der Waals surface area contributed by atoms with Gasteiger partial charge in [-0.3, -0.25) is 0 Å². The normalized spacial score (nSPS) is 52.2. The molecule has 0 aliphatic heterocycles. The number of rotatable bonds is 1. The molecule has 0 amide bonds. The second-order valence-corrected chi connectivity index (χ2v) is 3.64. The van der Waals surface area contributed by atoms with E-state index < -0.39 is 36.4 Å². The van der Waals surface area contributed by atoms with E-state index in [1.165, 1.54) is 0 Å². The van der Waals surface area contributed by atoms with Crippen LogP contribution in [-0.2, 0) is 0 Å². The third-order valence-corrected chi connectivity index (χ3v) is 2.85. The first-order valence-corrected chi connectivity index (χ1v) is 4.40. The molecule has 1 aliphatic rings. The first-order chi connectivity index (χ1) is 6.00. The fourth-order valence-corrected chi connectivity index (χ4v) is 1.80. The van der Waals surface area contributed by atoms with Gasteiger partial charge in [-0.1, -0.05) is 6.92 Å². The zero-order chi connectivity index (χ0) is 10.2. The molecule has 1 aliphatic carbocycles. The van der Waals surface area contributed by atoms with E-state index in [4.69, 9.17) is 0 Å². The molecule has 78 valence electrons. The molecule has 0 radical (unpaired) electrons. The Balaban J connectivity index is 2.79. The maximum atomic E-state index is 9.60. The van der Waals surface area contributed by atoms with Crippen molar-refractivity contribution in [3.63, 3.8) is 0 Å². The second kappa shape index (κ2) is 3.89. The average molecular weight is 191 g/mol. The van der Waals surface area contributed by atoms with Gasteiger partial charge in [0, 0.05) is 5.92 Å². The molecule has 5 N–H and O–H groups in total. The number of aliphatic hydroxyl groups excluding tert-OH is 4. The van der Waals surface area contributed by atoms with Crippen LogP contribution in [0.25, 0.3) is 0 Å². The number of hydrogen-bond donors (Lipinski definition) is 5. The molecule has 0 aromatic rings. The van der Waals surface area contributed by atoms with Crippen LogP contribution in [0.4, 0.5) is 0 Å². The Morgan fingerprint density at radius 2 is 1.38 bits per heavy atom. The molecule has 1 saturated carbocycles. The highest BCUT2D eigenvalue weighted by molar-refractivity contribution is 4.99. The van der Waals surface area contributed by atoms with Gasteiger partial charge in [-0.15, -0.1) is 0 Å². The number of likely N-dealkylation sites (N-methyl/N-ethyl adjacent to an activating group) is 1. The van der Waals surface area contributed by atoms with Crippen LogP contribution in [0.15, 0.2) is 0 Å². The molecule has 0 aromatic heterocycles. The van der Waals surface area contributed by atoms with Crippen LogP contribution in [0.5, 0.6) is 0 Å². The van der Waals surface area contributed by atoms with Gasteiger partial charge in [-0.2, -0.15) is 0 Å². The average Bonchev–Trinajstić information content (AvgIpc) is 2.13. The minimum atomic E-state index is -1.20. The third kappa shape index (κ3) is 1.70. The Morgan fingerprint density at radius 3 is 1.85 bits per heavy atom. The highest BCUT2D eigenvalue weighted by Crippen LogP contribution is 2.25. The fourth-order valence-electron chi connectivity index (χ4n) is 1.80. The molecule has 13 heavy (non-hydrogen) atoms. The molecule has 6 atom stereocenters. The monoisotopic (exact) mass is 191 g/mol. The summed E-state index contributed by atoms with van der Waals surface area (Å²) in [5.41, 5.74) is 0. The number of hydrogen-bond acceptors (Lipinski definition) is 5. The van der Waals surface area contributed by atoms with E-state index >= 15 is 0 Å². The first kappa shape index (κ1) is 10.9. The summed E-state index contributed by atoms with van der Waals surface area (Å²) in [6.07, 6.45) is -4.25. The summed E-state index contributed by atoms with van der Waals surface area (Å²) in [4.78, 5) is 0. The molecule has 0 aromatic carbocycles. The van der Waals surface area contributed by atoms with Crippen molar-refractivity contribution in [2.24, 2.45) is 5.92 Å². The molecule has 5 nitrogen and oxygen atoms in total.